The van der Waals surface area contributed by atoms with Gasteiger partial charge in [0.25, 0.3) is 0 Å². The number of rotatable bonds is 7. The number of nitrogens with zero attached hydrogens (tertiary/aromatic N) is 2. The van der Waals surface area contributed by atoms with Crippen molar-refractivity contribution in [2.75, 3.05) is 9.80 Å². The highest BCUT2D eigenvalue weighted by molar-refractivity contribution is 5.71. The van der Waals surface area contributed by atoms with E-state index >= 15 is 0 Å². The Balaban J connectivity index is 1.28. The van der Waals surface area contributed by atoms with E-state index in [-0.39, 0.29) is 0 Å². The molecular formula is C37H34N2. The van der Waals surface area contributed by atoms with Gasteiger partial charge < -0.3 is 9.80 Å². The van der Waals surface area contributed by atoms with Crippen molar-refractivity contribution in [2.24, 2.45) is 5.92 Å². The molecule has 0 spiro atoms. The van der Waals surface area contributed by atoms with E-state index < -0.39 is 0 Å². The summed E-state index contributed by atoms with van der Waals surface area (Å²) in [5.41, 5.74) is 9.11. The topological polar surface area (TPSA) is 6.48 Å². The highest BCUT2D eigenvalue weighted by atomic mass is 15.2. The van der Waals surface area contributed by atoms with Crippen LogP contribution in [0.25, 0.3) is 0 Å². The van der Waals surface area contributed by atoms with Gasteiger partial charge in [-0.2, -0.15) is 0 Å². The normalized spacial score (nSPS) is 21.8. The molecule has 0 amide bonds. The fourth-order valence-corrected chi connectivity index (χ4v) is 6.04. The van der Waals surface area contributed by atoms with E-state index in [2.05, 4.69) is 151 Å². The molecule has 6 rings (SSSR count). The first kappa shape index (κ1) is 24.8. The van der Waals surface area contributed by atoms with Gasteiger partial charge in [0.1, 0.15) is 0 Å². The van der Waals surface area contributed by atoms with Crippen LogP contribution in [0.4, 0.5) is 17.1 Å². The Labute approximate surface area is 232 Å². The van der Waals surface area contributed by atoms with Crippen LogP contribution in [0.5, 0.6) is 0 Å². The molecule has 0 radical (unpaired) electrons. The van der Waals surface area contributed by atoms with Gasteiger partial charge in [-0.25, -0.2) is 0 Å². The molecular weight excluding hydrogens is 472 g/mol. The molecule has 2 aliphatic carbocycles. The van der Waals surface area contributed by atoms with Crippen LogP contribution in [0.15, 0.2) is 169 Å². The second-order valence-corrected chi connectivity index (χ2v) is 10.3. The van der Waals surface area contributed by atoms with E-state index in [9.17, 15) is 0 Å². The quantitative estimate of drug-likeness (QED) is 0.295. The van der Waals surface area contributed by atoms with E-state index in [0.29, 0.717) is 17.9 Å². The third-order valence-corrected chi connectivity index (χ3v) is 7.87. The van der Waals surface area contributed by atoms with E-state index in [1.807, 2.05) is 12.2 Å². The first-order chi connectivity index (χ1) is 19.2. The van der Waals surface area contributed by atoms with Gasteiger partial charge in [0.05, 0.1) is 6.04 Å². The lowest BCUT2D eigenvalue weighted by molar-refractivity contribution is 0.686. The predicted molar refractivity (Wildman–Crippen MR) is 166 cm³/mol. The molecule has 0 saturated carbocycles. The Morgan fingerprint density at radius 2 is 1.49 bits per heavy atom. The number of para-hydroxylation sites is 3. The Morgan fingerprint density at radius 3 is 2.18 bits per heavy atom. The van der Waals surface area contributed by atoms with E-state index in [0.717, 1.165) is 6.42 Å². The summed E-state index contributed by atoms with van der Waals surface area (Å²) in [7, 11) is 0. The fourth-order valence-electron chi connectivity index (χ4n) is 6.04. The van der Waals surface area contributed by atoms with E-state index in [1.165, 1.54) is 39.5 Å². The van der Waals surface area contributed by atoms with Crippen molar-refractivity contribution in [3.05, 3.63) is 175 Å². The number of allylic oxidation sites excluding steroid dienone is 9. The number of hydrogen-bond acceptors (Lipinski definition) is 2. The summed E-state index contributed by atoms with van der Waals surface area (Å²) in [6, 6.07) is 30.4. The summed E-state index contributed by atoms with van der Waals surface area (Å²) in [5.74, 6) is 0.713. The largest absolute Gasteiger partial charge is 0.340 e. The average molecular weight is 507 g/mol. The van der Waals surface area contributed by atoms with Crippen LogP contribution >= 0.6 is 0 Å². The Kier molecular flexibility index (Phi) is 7.01. The minimum atomic E-state index is 0.297. The standard InChI is InChI=1S/C37H34N2/c1-3-4-5-14-25-38-36-20-13-12-19-33(36)34-27-30(22-24-37(34)38)29-21-23-35(28(2)26-29)39(31-15-8-6-9-16-31)32-17-10-7-11-18-32/h3-25,27,29,34,37H,1,26H2,2H3/b5-4-,25-14-. The van der Waals surface area contributed by atoms with Crippen LogP contribution in [0.2, 0.25) is 0 Å². The predicted octanol–water partition coefficient (Wildman–Crippen LogP) is 9.40. The first-order valence-corrected chi connectivity index (χ1v) is 13.8. The molecule has 0 aromatic heterocycles. The maximum atomic E-state index is 3.77. The highest BCUT2D eigenvalue weighted by Crippen LogP contribution is 2.46. The molecule has 3 aromatic carbocycles. The van der Waals surface area contributed by atoms with Gasteiger partial charge >= 0.3 is 0 Å². The van der Waals surface area contributed by atoms with Crippen LogP contribution in [0.3, 0.4) is 0 Å². The molecule has 3 unspecified atom stereocenters. The van der Waals surface area contributed by atoms with Gasteiger partial charge in [0.15, 0.2) is 0 Å². The van der Waals surface area contributed by atoms with Crippen LogP contribution in [-0.2, 0) is 0 Å². The zero-order chi connectivity index (χ0) is 26.6. The van der Waals surface area contributed by atoms with Crippen LogP contribution in [-0.4, -0.2) is 6.04 Å². The van der Waals surface area contributed by atoms with Gasteiger partial charge in [-0.3, -0.25) is 0 Å². The third-order valence-electron chi connectivity index (χ3n) is 7.87. The number of fused-ring (bicyclic) bond motifs is 3. The second kappa shape index (κ2) is 11.0. The lowest BCUT2D eigenvalue weighted by atomic mass is 9.80. The Morgan fingerprint density at radius 1 is 0.795 bits per heavy atom. The fraction of sp³-hybridized carbons (Fsp3) is 0.135. The molecule has 1 aliphatic heterocycles. The summed E-state index contributed by atoms with van der Waals surface area (Å²) >= 11 is 0. The molecule has 1 heterocycles. The van der Waals surface area contributed by atoms with Crippen molar-refractivity contribution in [3.63, 3.8) is 0 Å². The van der Waals surface area contributed by atoms with Crippen molar-refractivity contribution in [1.29, 1.82) is 0 Å². The Bertz CT molecular complexity index is 1480. The molecule has 0 N–H and O–H groups in total. The summed E-state index contributed by atoms with van der Waals surface area (Å²) < 4.78 is 0. The molecule has 3 aromatic rings. The van der Waals surface area contributed by atoms with Crippen LogP contribution in [0, 0.1) is 5.92 Å². The van der Waals surface area contributed by atoms with Gasteiger partial charge in [0.2, 0.25) is 0 Å². The van der Waals surface area contributed by atoms with Crippen molar-refractivity contribution in [1.82, 2.24) is 0 Å². The molecule has 0 saturated heterocycles. The van der Waals surface area contributed by atoms with Crippen molar-refractivity contribution in [2.45, 2.75) is 25.3 Å². The smallest absolute Gasteiger partial charge is 0.0623 e. The molecule has 2 heteroatoms. The third kappa shape index (κ3) is 4.86. The molecule has 3 atom stereocenters. The molecule has 2 nitrogen and oxygen atoms in total. The van der Waals surface area contributed by atoms with Gasteiger partial charge in [-0.1, -0.05) is 104 Å². The summed E-state index contributed by atoms with van der Waals surface area (Å²) in [4.78, 5) is 4.77. The van der Waals surface area contributed by atoms with Crippen LogP contribution < -0.4 is 9.80 Å². The van der Waals surface area contributed by atoms with Crippen molar-refractivity contribution < 1.29 is 0 Å². The Hall–Kier alpha value is -4.56. The molecule has 192 valence electrons. The monoisotopic (exact) mass is 506 g/mol. The number of benzene rings is 3. The van der Waals surface area contributed by atoms with Crippen molar-refractivity contribution in [3.8, 4) is 0 Å². The number of anilines is 3. The van der Waals surface area contributed by atoms with Gasteiger partial charge in [-0.15, -0.1) is 0 Å². The lowest BCUT2D eigenvalue weighted by Crippen LogP contribution is -2.29. The van der Waals surface area contributed by atoms with Gasteiger partial charge in [0, 0.05) is 40.8 Å². The van der Waals surface area contributed by atoms with E-state index in [1.54, 1.807) is 6.08 Å². The lowest BCUT2D eigenvalue weighted by Gasteiger charge is -2.33. The molecule has 3 aliphatic rings. The first-order valence-electron chi connectivity index (χ1n) is 13.8. The maximum Gasteiger partial charge on any atom is 0.0623 e. The average Bonchev–Trinajstić information content (AvgIpc) is 3.30. The number of hydrogen-bond donors (Lipinski definition) is 0. The minimum absolute atomic E-state index is 0.297. The van der Waals surface area contributed by atoms with E-state index in [4.69, 9.17) is 0 Å². The molecule has 0 bridgehead atoms. The van der Waals surface area contributed by atoms with Crippen LogP contribution in [0.1, 0.15) is 24.8 Å². The highest BCUT2D eigenvalue weighted by Gasteiger charge is 2.37. The SMILES string of the molecule is C=C/C=C\C=C/N1c2ccccc2C2C=C(C3C=CC(N(c4ccccc4)c4ccccc4)=C(C)C3)C=CC21. The zero-order valence-corrected chi connectivity index (χ0v) is 22.4. The summed E-state index contributed by atoms with van der Waals surface area (Å²) in [6.45, 7) is 6.06. The molecule has 39 heavy (non-hydrogen) atoms. The summed E-state index contributed by atoms with van der Waals surface area (Å²) in [5, 5.41) is 0. The molecule has 0 fully saturated rings. The van der Waals surface area contributed by atoms with Gasteiger partial charge in [-0.05, 0) is 72.5 Å². The minimum Gasteiger partial charge on any atom is -0.340 e. The second-order valence-electron chi connectivity index (χ2n) is 10.3. The van der Waals surface area contributed by atoms with Crippen molar-refractivity contribution >= 4 is 17.1 Å². The zero-order valence-electron chi connectivity index (χ0n) is 22.4. The maximum absolute atomic E-state index is 3.77. The summed E-state index contributed by atoms with van der Waals surface area (Å²) in [6.07, 6.45) is 23.1.